The average molecular weight is 248 g/mol. The van der Waals surface area contributed by atoms with Crippen molar-refractivity contribution in [3.05, 3.63) is 24.3 Å². The standard InChI is InChI=1S/C15H24N2O/c1-2-3-6-9-16-10-12-17(13-11-16)14-7-4-5-8-15(14)18/h4-5,7-8,18H,2-3,6,9-13H2,1H3. The third-order valence-corrected chi connectivity index (χ3v) is 3.67. The molecule has 0 radical (unpaired) electrons. The highest BCUT2D eigenvalue weighted by atomic mass is 16.3. The number of hydrogen-bond donors (Lipinski definition) is 1. The Morgan fingerprint density at radius 1 is 1.06 bits per heavy atom. The van der Waals surface area contributed by atoms with Crippen LogP contribution in [0.15, 0.2) is 24.3 Å². The Bertz CT molecular complexity index is 359. The minimum atomic E-state index is 0.400. The normalized spacial score (nSPS) is 17.1. The third-order valence-electron chi connectivity index (χ3n) is 3.67. The van der Waals surface area contributed by atoms with Crippen LogP contribution in [0.25, 0.3) is 0 Å². The van der Waals surface area contributed by atoms with Gasteiger partial charge in [-0.2, -0.15) is 0 Å². The average Bonchev–Trinajstić information content (AvgIpc) is 2.41. The Hall–Kier alpha value is -1.22. The number of piperazine rings is 1. The van der Waals surface area contributed by atoms with Crippen molar-refractivity contribution in [2.45, 2.75) is 26.2 Å². The fourth-order valence-corrected chi connectivity index (χ4v) is 2.53. The molecule has 3 nitrogen and oxygen atoms in total. The lowest BCUT2D eigenvalue weighted by atomic mass is 10.2. The van der Waals surface area contributed by atoms with Gasteiger partial charge in [0.25, 0.3) is 0 Å². The van der Waals surface area contributed by atoms with Gasteiger partial charge in [-0.3, -0.25) is 4.90 Å². The molecule has 1 aliphatic rings. The largest absolute Gasteiger partial charge is 0.506 e. The first-order chi connectivity index (χ1) is 8.81. The smallest absolute Gasteiger partial charge is 0.138 e. The molecule has 0 unspecified atom stereocenters. The molecule has 0 aliphatic carbocycles. The van der Waals surface area contributed by atoms with Crippen molar-refractivity contribution >= 4 is 5.69 Å². The van der Waals surface area contributed by atoms with Crippen molar-refractivity contribution < 1.29 is 5.11 Å². The molecule has 2 rings (SSSR count). The first-order valence-corrected chi connectivity index (χ1v) is 7.06. The fourth-order valence-electron chi connectivity index (χ4n) is 2.53. The quantitative estimate of drug-likeness (QED) is 0.812. The van der Waals surface area contributed by atoms with Gasteiger partial charge in [0.15, 0.2) is 0 Å². The van der Waals surface area contributed by atoms with E-state index in [2.05, 4.69) is 16.7 Å². The Balaban J connectivity index is 1.81. The van der Waals surface area contributed by atoms with Gasteiger partial charge in [-0.25, -0.2) is 0 Å². The van der Waals surface area contributed by atoms with Gasteiger partial charge in [0.2, 0.25) is 0 Å². The van der Waals surface area contributed by atoms with Gasteiger partial charge >= 0.3 is 0 Å². The van der Waals surface area contributed by atoms with Crippen molar-refractivity contribution in [3.63, 3.8) is 0 Å². The summed E-state index contributed by atoms with van der Waals surface area (Å²) in [4.78, 5) is 4.82. The molecule has 1 heterocycles. The summed E-state index contributed by atoms with van der Waals surface area (Å²) in [6.07, 6.45) is 3.94. The van der Waals surface area contributed by atoms with Gasteiger partial charge in [-0.15, -0.1) is 0 Å². The van der Waals surface area contributed by atoms with E-state index in [9.17, 15) is 5.11 Å². The number of benzene rings is 1. The van der Waals surface area contributed by atoms with Crippen LogP contribution in [0.5, 0.6) is 5.75 Å². The molecule has 1 N–H and O–H groups in total. The van der Waals surface area contributed by atoms with Crippen LogP contribution in [0.4, 0.5) is 5.69 Å². The molecule has 0 bridgehead atoms. The lowest BCUT2D eigenvalue weighted by Crippen LogP contribution is -2.46. The summed E-state index contributed by atoms with van der Waals surface area (Å²) < 4.78 is 0. The summed E-state index contributed by atoms with van der Waals surface area (Å²) in [6, 6.07) is 7.63. The van der Waals surface area contributed by atoms with E-state index in [0.29, 0.717) is 5.75 Å². The SMILES string of the molecule is CCCCCN1CCN(c2ccccc2O)CC1. The molecule has 1 aromatic rings. The molecule has 100 valence electrons. The molecule has 0 atom stereocenters. The van der Waals surface area contributed by atoms with Crippen molar-refractivity contribution in [1.82, 2.24) is 4.90 Å². The van der Waals surface area contributed by atoms with E-state index in [0.717, 1.165) is 31.9 Å². The number of anilines is 1. The van der Waals surface area contributed by atoms with E-state index >= 15 is 0 Å². The zero-order valence-electron chi connectivity index (χ0n) is 11.3. The van der Waals surface area contributed by atoms with Crippen molar-refractivity contribution in [2.24, 2.45) is 0 Å². The van der Waals surface area contributed by atoms with Crippen LogP contribution in [-0.2, 0) is 0 Å². The first-order valence-electron chi connectivity index (χ1n) is 7.06. The lowest BCUT2D eigenvalue weighted by Gasteiger charge is -2.36. The second kappa shape index (κ2) is 6.64. The van der Waals surface area contributed by atoms with Gasteiger partial charge in [0.1, 0.15) is 5.75 Å². The maximum atomic E-state index is 9.85. The van der Waals surface area contributed by atoms with E-state index < -0.39 is 0 Å². The number of nitrogens with zero attached hydrogens (tertiary/aromatic N) is 2. The zero-order chi connectivity index (χ0) is 12.8. The number of para-hydroxylation sites is 2. The van der Waals surface area contributed by atoms with Gasteiger partial charge in [0, 0.05) is 26.2 Å². The molecule has 0 saturated carbocycles. The van der Waals surface area contributed by atoms with Gasteiger partial charge < -0.3 is 10.0 Å². The van der Waals surface area contributed by atoms with E-state index in [-0.39, 0.29) is 0 Å². The Kier molecular flexibility index (Phi) is 4.88. The van der Waals surface area contributed by atoms with E-state index in [1.54, 1.807) is 6.07 Å². The van der Waals surface area contributed by atoms with E-state index in [1.807, 2.05) is 18.2 Å². The monoisotopic (exact) mass is 248 g/mol. The van der Waals surface area contributed by atoms with Gasteiger partial charge in [-0.05, 0) is 25.1 Å². The van der Waals surface area contributed by atoms with Crippen LogP contribution in [0, 0.1) is 0 Å². The summed E-state index contributed by atoms with van der Waals surface area (Å²) in [6.45, 7) is 7.72. The summed E-state index contributed by atoms with van der Waals surface area (Å²) in [7, 11) is 0. The summed E-state index contributed by atoms with van der Waals surface area (Å²) in [5, 5.41) is 9.85. The topological polar surface area (TPSA) is 26.7 Å². The molecule has 0 aromatic heterocycles. The molecule has 1 aliphatic heterocycles. The fraction of sp³-hybridized carbons (Fsp3) is 0.600. The Morgan fingerprint density at radius 2 is 1.78 bits per heavy atom. The maximum Gasteiger partial charge on any atom is 0.138 e. The second-order valence-electron chi connectivity index (χ2n) is 5.02. The third kappa shape index (κ3) is 3.39. The molecule has 0 spiro atoms. The summed E-state index contributed by atoms with van der Waals surface area (Å²) in [5.74, 6) is 0.400. The highest BCUT2D eigenvalue weighted by Gasteiger charge is 2.18. The molecule has 1 saturated heterocycles. The Labute approximate surface area is 110 Å². The lowest BCUT2D eigenvalue weighted by molar-refractivity contribution is 0.252. The van der Waals surface area contributed by atoms with Crippen LogP contribution >= 0.6 is 0 Å². The van der Waals surface area contributed by atoms with Crippen molar-refractivity contribution in [3.8, 4) is 5.75 Å². The van der Waals surface area contributed by atoms with Crippen LogP contribution in [0.1, 0.15) is 26.2 Å². The number of phenolic OH excluding ortho intramolecular Hbond substituents is 1. The van der Waals surface area contributed by atoms with E-state index in [4.69, 9.17) is 0 Å². The minimum absolute atomic E-state index is 0.400. The second-order valence-corrected chi connectivity index (χ2v) is 5.02. The summed E-state index contributed by atoms with van der Waals surface area (Å²) >= 11 is 0. The van der Waals surface area contributed by atoms with Crippen LogP contribution in [-0.4, -0.2) is 42.7 Å². The number of unbranched alkanes of at least 4 members (excludes halogenated alkanes) is 2. The predicted octanol–water partition coefficient (Wildman–Crippen LogP) is 2.70. The number of hydrogen-bond acceptors (Lipinski definition) is 3. The van der Waals surface area contributed by atoms with Crippen molar-refractivity contribution in [1.29, 1.82) is 0 Å². The molecule has 18 heavy (non-hydrogen) atoms. The molecule has 1 aromatic carbocycles. The van der Waals surface area contributed by atoms with Crippen LogP contribution in [0.3, 0.4) is 0 Å². The molecule has 1 fully saturated rings. The highest BCUT2D eigenvalue weighted by Crippen LogP contribution is 2.27. The molecule has 3 heteroatoms. The van der Waals surface area contributed by atoms with Gasteiger partial charge in [-0.1, -0.05) is 31.9 Å². The summed E-state index contributed by atoms with van der Waals surface area (Å²) in [5.41, 5.74) is 0.978. The Morgan fingerprint density at radius 3 is 2.44 bits per heavy atom. The van der Waals surface area contributed by atoms with Crippen molar-refractivity contribution in [2.75, 3.05) is 37.6 Å². The molecular formula is C15H24N2O. The highest BCUT2D eigenvalue weighted by molar-refractivity contribution is 5.57. The number of rotatable bonds is 5. The van der Waals surface area contributed by atoms with Crippen LogP contribution < -0.4 is 4.90 Å². The maximum absolute atomic E-state index is 9.85. The van der Waals surface area contributed by atoms with Gasteiger partial charge in [0.05, 0.1) is 5.69 Å². The number of phenols is 1. The first kappa shape index (κ1) is 13.2. The molecular weight excluding hydrogens is 224 g/mol. The van der Waals surface area contributed by atoms with Crippen LogP contribution in [0.2, 0.25) is 0 Å². The number of aromatic hydroxyl groups is 1. The predicted molar refractivity (Wildman–Crippen MR) is 76.3 cm³/mol. The molecule has 0 amide bonds. The van der Waals surface area contributed by atoms with E-state index in [1.165, 1.54) is 25.8 Å². The zero-order valence-corrected chi connectivity index (χ0v) is 11.3. The minimum Gasteiger partial charge on any atom is -0.506 e.